The van der Waals surface area contributed by atoms with Crippen LogP contribution in [0.3, 0.4) is 0 Å². The number of amides is 3. The Kier molecular flexibility index (Phi) is 3.96. The van der Waals surface area contributed by atoms with Crippen LogP contribution >= 0.6 is 11.6 Å². The Labute approximate surface area is 156 Å². The van der Waals surface area contributed by atoms with Gasteiger partial charge in [0.1, 0.15) is 6.61 Å². The molecule has 3 fully saturated rings. The molecular formula is C18H20ClN3O4. The van der Waals surface area contributed by atoms with Gasteiger partial charge in [-0.05, 0) is 31.5 Å². The van der Waals surface area contributed by atoms with Crippen LogP contribution in [0.15, 0.2) is 24.3 Å². The number of cyclic esters (lactones) is 1. The second kappa shape index (κ2) is 5.96. The van der Waals surface area contributed by atoms with Gasteiger partial charge >= 0.3 is 6.09 Å². The summed E-state index contributed by atoms with van der Waals surface area (Å²) < 4.78 is 4.91. The van der Waals surface area contributed by atoms with E-state index in [0.717, 1.165) is 10.5 Å². The average Bonchev–Trinajstić information content (AvgIpc) is 3.23. The Morgan fingerprint density at radius 3 is 2.54 bits per heavy atom. The van der Waals surface area contributed by atoms with Crippen LogP contribution in [0.1, 0.15) is 31.9 Å². The van der Waals surface area contributed by atoms with E-state index in [2.05, 4.69) is 0 Å². The number of fused-ring (bicyclic) bond motifs is 1. The lowest BCUT2D eigenvalue weighted by molar-refractivity contribution is -0.137. The maximum Gasteiger partial charge on any atom is 0.416 e. The van der Waals surface area contributed by atoms with Crippen molar-refractivity contribution in [3.05, 3.63) is 34.9 Å². The van der Waals surface area contributed by atoms with Crippen molar-refractivity contribution in [1.29, 1.82) is 0 Å². The summed E-state index contributed by atoms with van der Waals surface area (Å²) in [4.78, 5) is 38.6. The molecule has 0 saturated carbocycles. The van der Waals surface area contributed by atoms with Crippen molar-refractivity contribution in [2.45, 2.75) is 31.8 Å². The Hall–Kier alpha value is -2.12. The second-order valence-electron chi connectivity index (χ2n) is 7.52. The van der Waals surface area contributed by atoms with Crippen LogP contribution in [0.5, 0.6) is 0 Å². The lowest BCUT2D eigenvalue weighted by Crippen LogP contribution is -2.45. The highest BCUT2D eigenvalue weighted by Gasteiger charge is 2.57. The number of hydrogen-bond acceptors (Lipinski definition) is 5. The van der Waals surface area contributed by atoms with Gasteiger partial charge in [-0.2, -0.15) is 0 Å². The van der Waals surface area contributed by atoms with Crippen molar-refractivity contribution in [3.8, 4) is 0 Å². The molecule has 3 saturated heterocycles. The van der Waals surface area contributed by atoms with Gasteiger partial charge in [0.25, 0.3) is 0 Å². The summed E-state index contributed by atoms with van der Waals surface area (Å²) in [5.41, 5.74) is 0.479. The van der Waals surface area contributed by atoms with E-state index in [-0.39, 0.29) is 37.6 Å². The standard InChI is InChI=1S/C18H20ClN3O4/c1-18(2)9-14(23)21-10-13(16(24)20-7-8-26-17(20)25)15(22(18)21)11-3-5-12(19)6-4-11/h3-6,13,15H,7-10H2,1-2H3/t13-,15+/m1/s1. The fraction of sp³-hybridized carbons (Fsp3) is 0.500. The van der Waals surface area contributed by atoms with Crippen LogP contribution in [0.2, 0.25) is 5.02 Å². The van der Waals surface area contributed by atoms with E-state index < -0.39 is 17.6 Å². The van der Waals surface area contributed by atoms with E-state index in [1.165, 1.54) is 0 Å². The first-order valence-corrected chi connectivity index (χ1v) is 9.00. The first-order valence-electron chi connectivity index (χ1n) is 8.63. The maximum absolute atomic E-state index is 13.1. The number of hydrazine groups is 1. The summed E-state index contributed by atoms with van der Waals surface area (Å²) in [7, 11) is 0. The second-order valence-corrected chi connectivity index (χ2v) is 7.95. The van der Waals surface area contributed by atoms with Crippen molar-refractivity contribution in [2.24, 2.45) is 5.92 Å². The van der Waals surface area contributed by atoms with Gasteiger partial charge in [-0.25, -0.2) is 14.7 Å². The molecule has 0 N–H and O–H groups in total. The fourth-order valence-electron chi connectivity index (χ4n) is 4.20. The molecule has 3 amide bonds. The average molecular weight is 378 g/mol. The van der Waals surface area contributed by atoms with Crippen molar-refractivity contribution in [3.63, 3.8) is 0 Å². The number of nitrogens with zero attached hydrogens (tertiary/aromatic N) is 3. The van der Waals surface area contributed by atoms with E-state index in [1.807, 2.05) is 31.0 Å². The summed E-state index contributed by atoms with van der Waals surface area (Å²) in [5, 5.41) is 4.25. The summed E-state index contributed by atoms with van der Waals surface area (Å²) in [5.74, 6) is -0.843. The van der Waals surface area contributed by atoms with E-state index in [9.17, 15) is 14.4 Å². The van der Waals surface area contributed by atoms with Crippen LogP contribution in [0.25, 0.3) is 0 Å². The van der Waals surface area contributed by atoms with Gasteiger partial charge in [0, 0.05) is 17.0 Å². The first-order chi connectivity index (χ1) is 12.3. The van der Waals surface area contributed by atoms with Gasteiger partial charge in [-0.3, -0.25) is 14.6 Å². The molecule has 3 aliphatic rings. The third kappa shape index (κ3) is 2.57. The molecule has 3 heterocycles. The predicted octanol–water partition coefficient (Wildman–Crippen LogP) is 2.22. The highest BCUT2D eigenvalue weighted by atomic mass is 35.5. The van der Waals surface area contributed by atoms with Crippen molar-refractivity contribution in [2.75, 3.05) is 19.7 Å². The molecule has 2 atom stereocenters. The van der Waals surface area contributed by atoms with E-state index in [0.29, 0.717) is 11.4 Å². The number of rotatable bonds is 2. The molecule has 4 rings (SSSR count). The summed E-state index contributed by atoms with van der Waals surface area (Å²) in [6.45, 7) is 4.70. The number of benzene rings is 1. The van der Waals surface area contributed by atoms with Gasteiger partial charge < -0.3 is 4.74 Å². The minimum Gasteiger partial charge on any atom is -0.447 e. The molecule has 1 aromatic carbocycles. The maximum atomic E-state index is 13.1. The highest BCUT2D eigenvalue weighted by Crippen LogP contribution is 2.47. The SMILES string of the molecule is CC1(C)CC(=O)N2C[C@@H](C(=O)N3CCOC3=O)[C@H](c3ccc(Cl)cc3)N21. The van der Waals surface area contributed by atoms with E-state index >= 15 is 0 Å². The molecule has 0 aromatic heterocycles. The highest BCUT2D eigenvalue weighted by molar-refractivity contribution is 6.30. The third-order valence-electron chi connectivity index (χ3n) is 5.32. The van der Waals surface area contributed by atoms with Crippen molar-refractivity contribution < 1.29 is 19.1 Å². The summed E-state index contributed by atoms with van der Waals surface area (Å²) in [6, 6.07) is 6.96. The Morgan fingerprint density at radius 2 is 1.92 bits per heavy atom. The quantitative estimate of drug-likeness (QED) is 0.790. The fourth-order valence-corrected chi connectivity index (χ4v) is 4.33. The molecular weight excluding hydrogens is 358 g/mol. The van der Waals surface area contributed by atoms with Crippen LogP contribution in [0, 0.1) is 5.92 Å². The lowest BCUT2D eigenvalue weighted by Gasteiger charge is -2.37. The summed E-state index contributed by atoms with van der Waals surface area (Å²) >= 11 is 6.02. The smallest absolute Gasteiger partial charge is 0.416 e. The number of ether oxygens (including phenoxy) is 1. The Morgan fingerprint density at radius 1 is 1.23 bits per heavy atom. The molecule has 8 heteroatoms. The number of imide groups is 1. The normalized spacial score (nSPS) is 27.8. The van der Waals surface area contributed by atoms with Crippen LogP contribution in [0.4, 0.5) is 4.79 Å². The van der Waals surface area contributed by atoms with Gasteiger partial charge in [0.15, 0.2) is 0 Å². The molecule has 0 unspecified atom stereocenters. The zero-order valence-corrected chi connectivity index (χ0v) is 15.4. The van der Waals surface area contributed by atoms with Crippen molar-refractivity contribution in [1.82, 2.24) is 14.9 Å². The molecule has 1 aromatic rings. The molecule has 0 bridgehead atoms. The third-order valence-corrected chi connectivity index (χ3v) is 5.57. The van der Waals surface area contributed by atoms with Crippen LogP contribution < -0.4 is 0 Å². The van der Waals surface area contributed by atoms with Gasteiger partial charge in [0.2, 0.25) is 11.8 Å². The summed E-state index contributed by atoms with van der Waals surface area (Å²) in [6.07, 6.45) is -0.221. The van der Waals surface area contributed by atoms with E-state index in [4.69, 9.17) is 16.3 Å². The molecule has 26 heavy (non-hydrogen) atoms. The first kappa shape index (κ1) is 17.3. The van der Waals surface area contributed by atoms with Gasteiger partial charge in [-0.1, -0.05) is 23.7 Å². The van der Waals surface area contributed by atoms with Gasteiger partial charge in [0.05, 0.1) is 25.0 Å². The largest absolute Gasteiger partial charge is 0.447 e. The Bertz CT molecular complexity index is 779. The van der Waals surface area contributed by atoms with E-state index in [1.54, 1.807) is 17.1 Å². The van der Waals surface area contributed by atoms with Crippen LogP contribution in [-0.4, -0.2) is 58.1 Å². The number of carbonyl (C=O) groups is 3. The van der Waals surface area contributed by atoms with Gasteiger partial charge in [-0.15, -0.1) is 0 Å². The predicted molar refractivity (Wildman–Crippen MR) is 93.0 cm³/mol. The monoisotopic (exact) mass is 377 g/mol. The molecule has 3 aliphatic heterocycles. The lowest BCUT2D eigenvalue weighted by atomic mass is 9.89. The zero-order chi connectivity index (χ0) is 18.6. The molecule has 0 spiro atoms. The number of halogens is 1. The number of carbonyl (C=O) groups excluding carboxylic acids is 3. The van der Waals surface area contributed by atoms with Crippen LogP contribution in [-0.2, 0) is 14.3 Å². The van der Waals surface area contributed by atoms with Crippen molar-refractivity contribution >= 4 is 29.5 Å². The molecule has 0 radical (unpaired) electrons. The molecule has 0 aliphatic carbocycles. The molecule has 7 nitrogen and oxygen atoms in total. The zero-order valence-electron chi connectivity index (χ0n) is 14.6. The minimum atomic E-state index is -0.613. The topological polar surface area (TPSA) is 70.2 Å². The minimum absolute atomic E-state index is 0.00624. The molecule has 138 valence electrons. The number of hydrogen-bond donors (Lipinski definition) is 0. The Balaban J connectivity index is 1.75.